The highest BCUT2D eigenvalue weighted by Crippen LogP contribution is 2.20. The molecule has 3 rings (SSSR count). The van der Waals surface area contributed by atoms with Crippen LogP contribution in [0.5, 0.6) is 5.75 Å². The Morgan fingerprint density at radius 3 is 2.42 bits per heavy atom. The van der Waals surface area contributed by atoms with Gasteiger partial charge in [-0.3, -0.25) is 0 Å². The highest BCUT2D eigenvalue weighted by atomic mass is 35.5. The number of rotatable bonds is 9. The molecule has 0 aromatic heterocycles. The normalized spacial score (nSPS) is 20.5. The van der Waals surface area contributed by atoms with Crippen LogP contribution in [-0.4, -0.2) is 79.6 Å². The number of benzene rings is 1. The maximum absolute atomic E-state index is 10.3. The summed E-state index contributed by atoms with van der Waals surface area (Å²) in [5, 5.41) is 10.3. The second-order valence-corrected chi connectivity index (χ2v) is 9.32. The van der Waals surface area contributed by atoms with Gasteiger partial charge in [0.15, 0.2) is 0 Å². The smallest absolute Gasteiger partial charge is 0.119 e. The Balaban J connectivity index is 0.00000240. The van der Waals surface area contributed by atoms with Gasteiger partial charge in [0.05, 0.1) is 0 Å². The molecule has 0 radical (unpaired) electrons. The number of hydrogen-bond acceptors (Lipinski definition) is 6. The van der Waals surface area contributed by atoms with Gasteiger partial charge in [-0.2, -0.15) is 0 Å². The molecule has 1 aromatic rings. The van der Waals surface area contributed by atoms with E-state index in [2.05, 4.69) is 35.9 Å². The van der Waals surface area contributed by atoms with Gasteiger partial charge in [-0.15, -0.1) is 24.8 Å². The van der Waals surface area contributed by atoms with Crippen molar-refractivity contribution in [2.75, 3.05) is 53.0 Å². The number of β-amino-alcohol motifs (C(OH)–C–C–N with tert-alkyl or cyclic N) is 1. The summed E-state index contributed by atoms with van der Waals surface area (Å²) in [5.41, 5.74) is 7.40. The first-order chi connectivity index (χ1) is 13.9. The van der Waals surface area contributed by atoms with Crippen LogP contribution in [0.25, 0.3) is 0 Å². The van der Waals surface area contributed by atoms with Gasteiger partial charge in [0.25, 0.3) is 0 Å². The summed E-state index contributed by atoms with van der Waals surface area (Å²) in [4.78, 5) is 4.67. The Morgan fingerprint density at radius 1 is 1.19 bits per heavy atom. The number of likely N-dealkylation sites (tertiary alicyclic amines) is 1. The van der Waals surface area contributed by atoms with Crippen molar-refractivity contribution >= 4 is 24.8 Å². The van der Waals surface area contributed by atoms with E-state index in [9.17, 15) is 5.11 Å². The fourth-order valence-electron chi connectivity index (χ4n) is 4.23. The van der Waals surface area contributed by atoms with E-state index in [4.69, 9.17) is 15.2 Å². The van der Waals surface area contributed by atoms with Crippen molar-refractivity contribution in [3.8, 4) is 5.75 Å². The van der Waals surface area contributed by atoms with Gasteiger partial charge in [-0.1, -0.05) is 12.1 Å². The van der Waals surface area contributed by atoms with Gasteiger partial charge < -0.3 is 30.1 Å². The lowest BCUT2D eigenvalue weighted by Gasteiger charge is -2.37. The first-order valence-electron chi connectivity index (χ1n) is 11.1. The summed E-state index contributed by atoms with van der Waals surface area (Å²) >= 11 is 0. The van der Waals surface area contributed by atoms with E-state index in [-0.39, 0.29) is 30.4 Å². The van der Waals surface area contributed by atoms with Crippen LogP contribution in [0.2, 0.25) is 0 Å². The maximum atomic E-state index is 10.3. The van der Waals surface area contributed by atoms with Crippen molar-refractivity contribution in [2.24, 2.45) is 11.7 Å². The predicted octanol–water partition coefficient (Wildman–Crippen LogP) is 2.94. The van der Waals surface area contributed by atoms with Crippen molar-refractivity contribution < 1.29 is 14.6 Å². The molecule has 1 atom stereocenters. The van der Waals surface area contributed by atoms with Crippen LogP contribution in [0.1, 0.15) is 38.2 Å². The summed E-state index contributed by atoms with van der Waals surface area (Å²) in [6.07, 6.45) is 3.81. The fourth-order valence-corrected chi connectivity index (χ4v) is 4.23. The van der Waals surface area contributed by atoms with Crippen molar-refractivity contribution in [3.05, 3.63) is 29.8 Å². The molecule has 0 aliphatic carbocycles. The molecule has 2 saturated heterocycles. The number of hydrogen-bond donors (Lipinski definition) is 2. The molecular weight excluding hydrogens is 437 g/mol. The number of aliphatic hydroxyl groups excluding tert-OH is 1. The molecule has 2 aliphatic heterocycles. The zero-order valence-corrected chi connectivity index (χ0v) is 20.6. The van der Waals surface area contributed by atoms with Gasteiger partial charge in [0.1, 0.15) is 18.5 Å². The van der Waals surface area contributed by atoms with Crippen LogP contribution in [0.4, 0.5) is 0 Å². The zero-order valence-electron chi connectivity index (χ0n) is 19.0. The molecule has 2 fully saturated rings. The summed E-state index contributed by atoms with van der Waals surface area (Å²) in [6.45, 7) is 8.82. The number of piperidine rings is 1. The van der Waals surface area contributed by atoms with Crippen molar-refractivity contribution in [2.45, 2.75) is 50.8 Å². The highest BCUT2D eigenvalue weighted by Gasteiger charge is 2.26. The van der Waals surface area contributed by atoms with Crippen LogP contribution in [-0.2, 0) is 11.3 Å². The molecular formula is C23H41Cl2N3O3. The van der Waals surface area contributed by atoms with E-state index in [1.54, 1.807) is 0 Å². The monoisotopic (exact) mass is 477 g/mol. The van der Waals surface area contributed by atoms with Gasteiger partial charge in [0, 0.05) is 38.4 Å². The number of nitrogens with two attached hydrogens (primary N) is 1. The maximum Gasteiger partial charge on any atom is 0.119 e. The third-order valence-electron chi connectivity index (χ3n) is 6.20. The van der Waals surface area contributed by atoms with Crippen LogP contribution in [0.15, 0.2) is 24.3 Å². The number of ether oxygens (including phenoxy) is 2. The first kappa shape index (κ1) is 28.4. The minimum atomic E-state index is -0.484. The Hall–Kier alpha value is -0.600. The predicted molar refractivity (Wildman–Crippen MR) is 131 cm³/mol. The van der Waals surface area contributed by atoms with E-state index >= 15 is 0 Å². The summed E-state index contributed by atoms with van der Waals surface area (Å²) in [6, 6.07) is 8.25. The number of aliphatic hydroxyl groups is 1. The average Bonchev–Trinajstić information content (AvgIpc) is 2.70. The van der Waals surface area contributed by atoms with Crippen molar-refractivity contribution in [3.63, 3.8) is 0 Å². The molecule has 3 N–H and O–H groups in total. The molecule has 31 heavy (non-hydrogen) atoms. The van der Waals surface area contributed by atoms with Gasteiger partial charge in [-0.25, -0.2) is 0 Å². The van der Waals surface area contributed by atoms with Crippen LogP contribution >= 0.6 is 24.8 Å². The minimum Gasteiger partial charge on any atom is -0.491 e. The molecule has 2 aliphatic rings. The second kappa shape index (κ2) is 13.8. The molecule has 0 amide bonds. The lowest BCUT2D eigenvalue weighted by molar-refractivity contribution is 0.0531. The topological polar surface area (TPSA) is 71.2 Å². The molecule has 2 heterocycles. The highest BCUT2D eigenvalue weighted by molar-refractivity contribution is 5.85. The van der Waals surface area contributed by atoms with E-state index in [0.717, 1.165) is 63.9 Å². The molecule has 1 aromatic carbocycles. The molecule has 0 saturated carbocycles. The molecule has 1 unspecified atom stereocenters. The Kier molecular flexibility index (Phi) is 12.7. The molecule has 6 nitrogen and oxygen atoms in total. The van der Waals surface area contributed by atoms with Crippen LogP contribution in [0, 0.1) is 5.92 Å². The standard InChI is InChI=1S/C23H39N3O3.2ClH/c1-23(24)9-11-26(12-10-23)17-21(27)18-29-22-5-3-19(4-6-22)15-25(2)16-20-7-13-28-14-8-20;;/h3-6,20-21,27H,7-18,24H2,1-2H3;2*1H. The van der Waals surface area contributed by atoms with E-state index in [1.165, 1.54) is 18.4 Å². The third kappa shape index (κ3) is 10.3. The number of halogens is 2. The number of nitrogens with zero attached hydrogens (tertiary/aromatic N) is 2. The minimum absolute atomic E-state index is 0. The molecule has 0 bridgehead atoms. The van der Waals surface area contributed by atoms with Gasteiger partial charge in [0.2, 0.25) is 0 Å². The zero-order chi connectivity index (χ0) is 20.7. The molecule has 8 heteroatoms. The summed E-state index contributed by atoms with van der Waals surface area (Å²) in [5.74, 6) is 1.56. The summed E-state index contributed by atoms with van der Waals surface area (Å²) in [7, 11) is 2.18. The average molecular weight is 479 g/mol. The largest absolute Gasteiger partial charge is 0.491 e. The lowest BCUT2D eigenvalue weighted by atomic mass is 9.91. The lowest BCUT2D eigenvalue weighted by Crippen LogP contribution is -2.50. The van der Waals surface area contributed by atoms with Crippen molar-refractivity contribution in [1.29, 1.82) is 0 Å². The van der Waals surface area contributed by atoms with Crippen molar-refractivity contribution in [1.82, 2.24) is 9.80 Å². The molecule has 0 spiro atoms. The van der Waals surface area contributed by atoms with Crippen LogP contribution in [0.3, 0.4) is 0 Å². The quantitative estimate of drug-likeness (QED) is 0.569. The summed E-state index contributed by atoms with van der Waals surface area (Å²) < 4.78 is 11.2. The SMILES string of the molecule is CN(Cc1ccc(OCC(O)CN2CCC(C)(N)CC2)cc1)CC1CCOCC1.Cl.Cl. The van der Waals surface area contributed by atoms with Crippen LogP contribution < -0.4 is 10.5 Å². The molecule has 180 valence electrons. The Bertz CT molecular complexity index is 603. The second-order valence-electron chi connectivity index (χ2n) is 9.32. The van der Waals surface area contributed by atoms with E-state index in [0.29, 0.717) is 13.2 Å². The van der Waals surface area contributed by atoms with E-state index < -0.39 is 6.10 Å². The third-order valence-corrected chi connectivity index (χ3v) is 6.20. The first-order valence-corrected chi connectivity index (χ1v) is 11.1. The van der Waals surface area contributed by atoms with E-state index in [1.807, 2.05) is 12.1 Å². The van der Waals surface area contributed by atoms with Gasteiger partial charge >= 0.3 is 0 Å². The Labute approximate surface area is 200 Å². The Morgan fingerprint density at radius 2 is 1.81 bits per heavy atom. The fraction of sp³-hybridized carbons (Fsp3) is 0.739. The van der Waals surface area contributed by atoms with Gasteiger partial charge in [-0.05, 0) is 76.4 Å².